The van der Waals surface area contributed by atoms with Crippen LogP contribution in [-0.2, 0) is 13.0 Å². The van der Waals surface area contributed by atoms with Crippen LogP contribution in [0.15, 0.2) is 24.3 Å². The van der Waals surface area contributed by atoms with Gasteiger partial charge < -0.3 is 4.57 Å². The zero-order valence-corrected chi connectivity index (χ0v) is 10.5. The van der Waals surface area contributed by atoms with Crippen LogP contribution in [0, 0.1) is 5.92 Å². The van der Waals surface area contributed by atoms with Crippen molar-refractivity contribution in [1.82, 2.24) is 9.55 Å². The Morgan fingerprint density at radius 3 is 2.75 bits per heavy atom. The monoisotopic (exact) mass is 236 g/mol. The van der Waals surface area contributed by atoms with Gasteiger partial charge in [0.05, 0.1) is 11.0 Å². The largest absolute Gasteiger partial charge is 0.328 e. The molecule has 0 spiro atoms. The van der Waals surface area contributed by atoms with E-state index in [2.05, 4.69) is 41.6 Å². The summed E-state index contributed by atoms with van der Waals surface area (Å²) in [7, 11) is 0. The van der Waals surface area contributed by atoms with E-state index in [4.69, 9.17) is 11.6 Å². The number of fused-ring (bicyclic) bond motifs is 1. The van der Waals surface area contributed by atoms with Gasteiger partial charge in [-0.05, 0) is 18.1 Å². The molecule has 0 atom stereocenters. The number of benzene rings is 1. The number of nitrogens with zero attached hydrogens (tertiary/aromatic N) is 2. The van der Waals surface area contributed by atoms with Crippen LogP contribution < -0.4 is 0 Å². The molecular weight excluding hydrogens is 220 g/mol. The molecule has 2 rings (SSSR count). The Balaban J connectivity index is 2.50. The molecule has 0 saturated heterocycles. The molecule has 0 aliphatic carbocycles. The van der Waals surface area contributed by atoms with Crippen LogP contribution >= 0.6 is 11.6 Å². The van der Waals surface area contributed by atoms with Crippen molar-refractivity contribution in [2.45, 2.75) is 26.8 Å². The van der Waals surface area contributed by atoms with E-state index in [0.29, 0.717) is 11.8 Å². The summed E-state index contributed by atoms with van der Waals surface area (Å²) in [5.74, 6) is 2.35. The molecule has 0 saturated carbocycles. The third kappa shape index (κ3) is 2.22. The van der Waals surface area contributed by atoms with Crippen molar-refractivity contribution in [3.63, 3.8) is 0 Å². The van der Waals surface area contributed by atoms with E-state index in [-0.39, 0.29) is 0 Å². The van der Waals surface area contributed by atoms with Gasteiger partial charge in [0, 0.05) is 18.8 Å². The SMILES string of the molecule is CC(C)Cn1c(CCCl)nc2ccccc21. The predicted molar refractivity (Wildman–Crippen MR) is 69.0 cm³/mol. The molecule has 0 radical (unpaired) electrons. The van der Waals surface area contributed by atoms with E-state index in [0.717, 1.165) is 24.3 Å². The minimum atomic E-state index is 0.617. The molecule has 1 aromatic carbocycles. The van der Waals surface area contributed by atoms with Gasteiger partial charge in [-0.1, -0.05) is 26.0 Å². The second-order valence-electron chi connectivity index (χ2n) is 4.46. The second-order valence-corrected chi connectivity index (χ2v) is 4.84. The maximum absolute atomic E-state index is 5.82. The predicted octanol–water partition coefficient (Wildman–Crippen LogP) is 3.47. The number of hydrogen-bond donors (Lipinski definition) is 0. The molecule has 0 amide bonds. The number of imidazole rings is 1. The molecule has 0 aliphatic rings. The summed E-state index contributed by atoms with van der Waals surface area (Å²) in [6.07, 6.45) is 0.836. The van der Waals surface area contributed by atoms with E-state index in [1.165, 1.54) is 5.52 Å². The Kier molecular flexibility index (Phi) is 3.49. The highest BCUT2D eigenvalue weighted by atomic mass is 35.5. The van der Waals surface area contributed by atoms with Crippen LogP contribution in [-0.4, -0.2) is 15.4 Å². The lowest BCUT2D eigenvalue weighted by atomic mass is 10.2. The first-order valence-electron chi connectivity index (χ1n) is 5.72. The molecule has 16 heavy (non-hydrogen) atoms. The van der Waals surface area contributed by atoms with Crippen molar-refractivity contribution in [3.8, 4) is 0 Å². The van der Waals surface area contributed by atoms with E-state index >= 15 is 0 Å². The lowest BCUT2D eigenvalue weighted by Gasteiger charge is -2.10. The molecule has 3 heteroatoms. The normalized spacial score (nSPS) is 11.5. The number of para-hydroxylation sites is 2. The van der Waals surface area contributed by atoms with Crippen molar-refractivity contribution in [3.05, 3.63) is 30.1 Å². The number of rotatable bonds is 4. The van der Waals surface area contributed by atoms with Crippen LogP contribution in [0.4, 0.5) is 0 Å². The van der Waals surface area contributed by atoms with Gasteiger partial charge in [-0.25, -0.2) is 4.98 Å². The third-order valence-corrected chi connectivity index (χ3v) is 2.79. The van der Waals surface area contributed by atoms with Crippen molar-refractivity contribution in [2.24, 2.45) is 5.92 Å². The van der Waals surface area contributed by atoms with Gasteiger partial charge in [0.2, 0.25) is 0 Å². The zero-order chi connectivity index (χ0) is 11.5. The molecular formula is C13H17ClN2. The highest BCUT2D eigenvalue weighted by molar-refractivity contribution is 6.17. The lowest BCUT2D eigenvalue weighted by Crippen LogP contribution is -2.09. The Bertz CT molecular complexity index is 474. The molecule has 1 aromatic heterocycles. The fourth-order valence-corrected chi connectivity index (χ4v) is 2.14. The van der Waals surface area contributed by atoms with E-state index in [1.54, 1.807) is 0 Å². The molecule has 0 aliphatic heterocycles. The molecule has 86 valence electrons. The first-order valence-corrected chi connectivity index (χ1v) is 6.26. The van der Waals surface area contributed by atoms with Gasteiger partial charge in [0.15, 0.2) is 0 Å². The van der Waals surface area contributed by atoms with Crippen LogP contribution in [0.25, 0.3) is 11.0 Å². The molecule has 2 aromatic rings. The van der Waals surface area contributed by atoms with Crippen LogP contribution in [0.2, 0.25) is 0 Å². The summed E-state index contributed by atoms with van der Waals surface area (Å²) >= 11 is 5.82. The Morgan fingerprint density at radius 1 is 1.31 bits per heavy atom. The average Bonchev–Trinajstić information content (AvgIpc) is 2.57. The van der Waals surface area contributed by atoms with Crippen LogP contribution in [0.1, 0.15) is 19.7 Å². The minimum absolute atomic E-state index is 0.617. The van der Waals surface area contributed by atoms with Crippen molar-refractivity contribution >= 4 is 22.6 Å². The second kappa shape index (κ2) is 4.88. The third-order valence-electron chi connectivity index (χ3n) is 2.60. The number of aromatic nitrogens is 2. The van der Waals surface area contributed by atoms with Gasteiger partial charge >= 0.3 is 0 Å². The Hall–Kier alpha value is -1.02. The van der Waals surface area contributed by atoms with Crippen LogP contribution in [0.3, 0.4) is 0 Å². The molecule has 0 bridgehead atoms. The summed E-state index contributed by atoms with van der Waals surface area (Å²) in [5.41, 5.74) is 2.29. The van der Waals surface area contributed by atoms with E-state index in [1.807, 2.05) is 6.07 Å². The van der Waals surface area contributed by atoms with E-state index < -0.39 is 0 Å². The summed E-state index contributed by atoms with van der Waals surface area (Å²) in [4.78, 5) is 4.63. The highest BCUT2D eigenvalue weighted by Crippen LogP contribution is 2.18. The average molecular weight is 237 g/mol. The minimum Gasteiger partial charge on any atom is -0.328 e. The van der Waals surface area contributed by atoms with Crippen molar-refractivity contribution < 1.29 is 0 Å². The summed E-state index contributed by atoms with van der Waals surface area (Å²) in [6.45, 7) is 5.45. The first kappa shape index (κ1) is 11.5. The summed E-state index contributed by atoms with van der Waals surface area (Å²) < 4.78 is 2.29. The van der Waals surface area contributed by atoms with Crippen molar-refractivity contribution in [2.75, 3.05) is 5.88 Å². The van der Waals surface area contributed by atoms with Gasteiger partial charge in [-0.15, -0.1) is 11.6 Å². The first-order chi connectivity index (χ1) is 7.72. The van der Waals surface area contributed by atoms with Crippen molar-refractivity contribution in [1.29, 1.82) is 0 Å². The number of aryl methyl sites for hydroxylation is 1. The quantitative estimate of drug-likeness (QED) is 0.744. The number of halogens is 1. The fraction of sp³-hybridized carbons (Fsp3) is 0.462. The van der Waals surface area contributed by atoms with E-state index in [9.17, 15) is 0 Å². The molecule has 2 nitrogen and oxygen atoms in total. The standard InChI is InChI=1S/C13H17ClN2/c1-10(2)9-16-12-6-4-3-5-11(12)15-13(16)7-8-14/h3-6,10H,7-9H2,1-2H3. The summed E-state index contributed by atoms with van der Waals surface area (Å²) in [6, 6.07) is 8.27. The fourth-order valence-electron chi connectivity index (χ4n) is 1.97. The van der Waals surface area contributed by atoms with Gasteiger partial charge in [0.25, 0.3) is 0 Å². The van der Waals surface area contributed by atoms with Gasteiger partial charge in [-0.3, -0.25) is 0 Å². The maximum atomic E-state index is 5.82. The number of alkyl halides is 1. The topological polar surface area (TPSA) is 17.8 Å². The Morgan fingerprint density at radius 2 is 2.06 bits per heavy atom. The summed E-state index contributed by atoms with van der Waals surface area (Å²) in [5, 5.41) is 0. The number of hydrogen-bond acceptors (Lipinski definition) is 1. The molecule has 0 fully saturated rings. The lowest BCUT2D eigenvalue weighted by molar-refractivity contribution is 0.519. The smallest absolute Gasteiger partial charge is 0.111 e. The molecule has 0 N–H and O–H groups in total. The van der Waals surface area contributed by atoms with Crippen LogP contribution in [0.5, 0.6) is 0 Å². The molecule has 0 unspecified atom stereocenters. The molecule has 1 heterocycles. The maximum Gasteiger partial charge on any atom is 0.111 e. The highest BCUT2D eigenvalue weighted by Gasteiger charge is 2.10. The zero-order valence-electron chi connectivity index (χ0n) is 9.78. The Labute approximate surface area is 101 Å². The van der Waals surface area contributed by atoms with Gasteiger partial charge in [0.1, 0.15) is 5.82 Å². The van der Waals surface area contributed by atoms with Gasteiger partial charge in [-0.2, -0.15) is 0 Å².